The summed E-state index contributed by atoms with van der Waals surface area (Å²) in [6.07, 6.45) is -4.69. The van der Waals surface area contributed by atoms with Crippen molar-refractivity contribution in [2.75, 3.05) is 0 Å². The highest BCUT2D eigenvalue weighted by molar-refractivity contribution is 6.38. The molecule has 3 rings (SSSR count). The molecule has 5 nitrogen and oxygen atoms in total. The van der Waals surface area contributed by atoms with Crippen LogP contribution in [0, 0.1) is 6.57 Å². The molecule has 0 amide bonds. The fraction of sp³-hybridized carbons (Fsp3) is 0.133. The van der Waals surface area contributed by atoms with Crippen molar-refractivity contribution in [3.63, 3.8) is 0 Å². The third-order valence-corrected chi connectivity index (χ3v) is 4.39. The Morgan fingerprint density at radius 3 is 2.30 bits per heavy atom. The van der Waals surface area contributed by atoms with E-state index >= 15 is 0 Å². The molecule has 2 heterocycles. The highest BCUT2D eigenvalue weighted by Crippen LogP contribution is 2.40. The number of aromatic nitrogens is 3. The largest absolute Gasteiger partial charge is 0.416 e. The molecular formula is C15H5Cl3F4N4O. The number of nitrogens with zero attached hydrogens (tertiary/aromatic N) is 3. The van der Waals surface area contributed by atoms with Crippen LogP contribution >= 0.6 is 34.8 Å². The van der Waals surface area contributed by atoms with Crippen LogP contribution in [0.2, 0.25) is 10.0 Å². The van der Waals surface area contributed by atoms with Gasteiger partial charge < -0.3 is 9.83 Å². The van der Waals surface area contributed by atoms with Crippen LogP contribution < -0.4 is 5.56 Å². The molecule has 1 unspecified atom stereocenters. The molecule has 1 aromatic carbocycles. The van der Waals surface area contributed by atoms with Crippen molar-refractivity contribution in [2.45, 2.75) is 11.8 Å². The van der Waals surface area contributed by atoms with Crippen molar-refractivity contribution < 1.29 is 17.6 Å². The molecule has 0 aliphatic carbocycles. The summed E-state index contributed by atoms with van der Waals surface area (Å²) in [7, 11) is 0. The maximum Gasteiger partial charge on any atom is 0.416 e. The number of benzene rings is 1. The monoisotopic (exact) mass is 438 g/mol. The van der Waals surface area contributed by atoms with Gasteiger partial charge in [-0.2, -0.15) is 13.2 Å². The number of H-pyrrole nitrogens is 1. The van der Waals surface area contributed by atoms with E-state index in [0.29, 0.717) is 12.1 Å². The number of rotatable bonds is 2. The number of alkyl halides is 5. The van der Waals surface area contributed by atoms with Crippen molar-refractivity contribution >= 4 is 51.7 Å². The van der Waals surface area contributed by atoms with Gasteiger partial charge in [0.2, 0.25) is 5.56 Å². The Kier molecular flexibility index (Phi) is 4.84. The molecule has 1 atom stereocenters. The third kappa shape index (κ3) is 3.36. The average Bonchev–Trinajstić information content (AvgIpc) is 2.90. The van der Waals surface area contributed by atoms with Crippen molar-refractivity contribution in [1.82, 2.24) is 14.8 Å². The van der Waals surface area contributed by atoms with Crippen LogP contribution in [-0.4, -0.2) is 14.8 Å². The van der Waals surface area contributed by atoms with Crippen LogP contribution in [0.5, 0.6) is 0 Å². The first-order valence-electron chi connectivity index (χ1n) is 6.92. The summed E-state index contributed by atoms with van der Waals surface area (Å²) in [5.41, 5.74) is -4.70. The molecule has 0 saturated carbocycles. The number of nitrogens with one attached hydrogen (secondary N) is 1. The van der Waals surface area contributed by atoms with Gasteiger partial charge in [0.25, 0.3) is 0 Å². The summed E-state index contributed by atoms with van der Waals surface area (Å²) < 4.78 is 53.3. The van der Waals surface area contributed by atoms with Gasteiger partial charge in [0.15, 0.2) is 11.3 Å². The summed E-state index contributed by atoms with van der Waals surface area (Å²) in [6.45, 7) is 7.19. The van der Waals surface area contributed by atoms with Crippen molar-refractivity contribution in [2.24, 2.45) is 0 Å². The van der Waals surface area contributed by atoms with Crippen LogP contribution in [0.15, 0.2) is 23.0 Å². The first-order chi connectivity index (χ1) is 12.5. The summed E-state index contributed by atoms with van der Waals surface area (Å²) in [6, 6.07) is 2.10. The molecule has 0 saturated heterocycles. The SMILES string of the molecule is [C-]#[N+]c1nn(-c2c(Cl)cc(C(F)(F)F)cc2Cl)c2[nH]c(=O)cc(C(F)Cl)c12. The van der Waals surface area contributed by atoms with Crippen LogP contribution in [-0.2, 0) is 6.18 Å². The van der Waals surface area contributed by atoms with Gasteiger partial charge >= 0.3 is 12.0 Å². The standard InChI is InChI=1S/C15H5Cl3F4N4O/c1-23-13-10-6(12(18)19)4-9(27)24-14(10)26(25-13)11-7(16)2-5(3-8(11)17)15(20,21)22/h2-4,12H,(H,24,27). The first kappa shape index (κ1) is 19.5. The smallest absolute Gasteiger partial charge is 0.358 e. The van der Waals surface area contributed by atoms with E-state index in [4.69, 9.17) is 41.4 Å². The van der Waals surface area contributed by atoms with Gasteiger partial charge in [-0.15, -0.1) is 4.68 Å². The molecule has 0 bridgehead atoms. The Balaban J connectivity index is 2.41. The minimum Gasteiger partial charge on any atom is -0.358 e. The van der Waals surface area contributed by atoms with Gasteiger partial charge in [-0.1, -0.05) is 41.4 Å². The zero-order valence-corrected chi connectivity index (χ0v) is 15.0. The first-order valence-corrected chi connectivity index (χ1v) is 8.12. The van der Waals surface area contributed by atoms with E-state index in [2.05, 4.69) is 14.9 Å². The number of hydrogen-bond acceptors (Lipinski definition) is 2. The Morgan fingerprint density at radius 2 is 1.81 bits per heavy atom. The van der Waals surface area contributed by atoms with Gasteiger partial charge in [-0.3, -0.25) is 4.79 Å². The molecule has 0 aliphatic heterocycles. The third-order valence-electron chi connectivity index (χ3n) is 3.58. The molecule has 0 fully saturated rings. The Labute approximate surface area is 162 Å². The molecule has 140 valence electrons. The lowest BCUT2D eigenvalue weighted by Gasteiger charge is -2.11. The molecule has 1 N–H and O–H groups in total. The second-order valence-corrected chi connectivity index (χ2v) is 6.44. The van der Waals surface area contributed by atoms with E-state index in [-0.39, 0.29) is 28.1 Å². The number of hydrogen-bond donors (Lipinski definition) is 1. The lowest BCUT2D eigenvalue weighted by Crippen LogP contribution is -2.10. The Bertz CT molecular complexity index is 1140. The molecule has 0 radical (unpaired) electrons. The number of fused-ring (bicyclic) bond motifs is 1. The zero-order chi connectivity index (χ0) is 20.1. The molecule has 0 spiro atoms. The Morgan fingerprint density at radius 1 is 1.22 bits per heavy atom. The van der Waals surface area contributed by atoms with E-state index < -0.39 is 33.0 Å². The fourth-order valence-electron chi connectivity index (χ4n) is 2.50. The van der Waals surface area contributed by atoms with Crippen LogP contribution in [0.25, 0.3) is 21.6 Å². The van der Waals surface area contributed by atoms with Crippen molar-refractivity contribution in [1.29, 1.82) is 0 Å². The molecule has 3 aromatic rings. The second kappa shape index (κ2) is 6.71. The van der Waals surface area contributed by atoms with Crippen LogP contribution in [0.3, 0.4) is 0 Å². The summed E-state index contributed by atoms with van der Waals surface area (Å²) >= 11 is 17.3. The summed E-state index contributed by atoms with van der Waals surface area (Å²) in [5.74, 6) is -0.341. The van der Waals surface area contributed by atoms with Crippen LogP contribution in [0.4, 0.5) is 23.4 Å². The van der Waals surface area contributed by atoms with Gasteiger partial charge in [0.1, 0.15) is 5.69 Å². The van der Waals surface area contributed by atoms with Gasteiger partial charge in [0, 0.05) is 11.6 Å². The quantitative estimate of drug-likeness (QED) is 0.312. The molecule has 12 heteroatoms. The fourth-order valence-corrected chi connectivity index (χ4v) is 3.32. The van der Waals surface area contributed by atoms with E-state index in [1.807, 2.05) is 0 Å². The summed E-state index contributed by atoms with van der Waals surface area (Å²) in [5, 5.41) is 2.90. The normalized spacial score (nSPS) is 13.0. The van der Waals surface area contributed by atoms with Crippen molar-refractivity contribution in [3.8, 4) is 5.69 Å². The average molecular weight is 440 g/mol. The molecule has 2 aromatic heterocycles. The second-order valence-electron chi connectivity index (χ2n) is 5.25. The number of aromatic amines is 1. The van der Waals surface area contributed by atoms with Crippen LogP contribution in [0.1, 0.15) is 16.8 Å². The molecule has 0 aliphatic rings. The highest BCUT2D eigenvalue weighted by atomic mass is 35.5. The minimum absolute atomic E-state index is 0.112. The van der Waals surface area contributed by atoms with E-state index in [1.165, 1.54) is 0 Å². The predicted octanol–water partition coefficient (Wildman–Crippen LogP) is 5.80. The van der Waals surface area contributed by atoms with E-state index in [1.54, 1.807) is 0 Å². The minimum atomic E-state index is -4.69. The van der Waals surface area contributed by atoms with Gasteiger partial charge in [0.05, 0.1) is 21.0 Å². The van der Waals surface area contributed by atoms with E-state index in [9.17, 15) is 22.4 Å². The predicted molar refractivity (Wildman–Crippen MR) is 92.7 cm³/mol. The van der Waals surface area contributed by atoms with E-state index in [0.717, 1.165) is 10.7 Å². The summed E-state index contributed by atoms with van der Waals surface area (Å²) in [4.78, 5) is 17.3. The Hall–Kier alpha value is -2.28. The van der Waals surface area contributed by atoms with Gasteiger partial charge in [-0.25, -0.2) is 4.39 Å². The maximum absolute atomic E-state index is 13.7. The number of pyridine rings is 1. The van der Waals surface area contributed by atoms with Gasteiger partial charge in [-0.05, 0) is 17.2 Å². The molecular weight excluding hydrogens is 435 g/mol. The zero-order valence-electron chi connectivity index (χ0n) is 12.7. The lowest BCUT2D eigenvalue weighted by molar-refractivity contribution is -0.137. The number of halogens is 7. The van der Waals surface area contributed by atoms with Crippen molar-refractivity contribution in [3.05, 3.63) is 61.1 Å². The molecule has 27 heavy (non-hydrogen) atoms. The maximum atomic E-state index is 13.7. The lowest BCUT2D eigenvalue weighted by atomic mass is 10.2. The topological polar surface area (TPSA) is 55.0 Å². The highest BCUT2D eigenvalue weighted by Gasteiger charge is 2.33.